The van der Waals surface area contributed by atoms with Crippen molar-refractivity contribution in [1.82, 2.24) is 14.8 Å². The first-order chi connectivity index (χ1) is 13.7. The van der Waals surface area contributed by atoms with E-state index in [-0.39, 0.29) is 6.04 Å². The summed E-state index contributed by atoms with van der Waals surface area (Å²) in [5, 5.41) is 9.87. The Bertz CT molecular complexity index is 1180. The molecule has 0 aliphatic carbocycles. The molecule has 5 rings (SSSR count). The van der Waals surface area contributed by atoms with Gasteiger partial charge in [-0.2, -0.15) is 0 Å². The largest absolute Gasteiger partial charge is 0.283 e. The van der Waals surface area contributed by atoms with Gasteiger partial charge in [-0.25, -0.2) is 0 Å². The summed E-state index contributed by atoms with van der Waals surface area (Å²) in [6.07, 6.45) is 1.72. The fraction of sp³-hybridized carbons (Fsp3) is 0.0455. The summed E-state index contributed by atoms with van der Waals surface area (Å²) in [7, 11) is 0. The average Bonchev–Trinajstić information content (AvgIpc) is 3.15. The van der Waals surface area contributed by atoms with Crippen LogP contribution in [0.3, 0.4) is 0 Å². The summed E-state index contributed by atoms with van der Waals surface area (Å²) in [4.78, 5) is 5.13. The predicted octanol–water partition coefficient (Wildman–Crippen LogP) is 5.51. The van der Waals surface area contributed by atoms with Gasteiger partial charge in [-0.15, -0.1) is 10.2 Å². The van der Waals surface area contributed by atoms with Crippen LogP contribution in [0.1, 0.15) is 28.6 Å². The Morgan fingerprint density at radius 3 is 2.36 bits per heavy atom. The normalized spacial score (nSPS) is 15.4. The molecule has 0 radical (unpaired) electrons. The molecule has 1 unspecified atom stereocenters. The van der Waals surface area contributed by atoms with E-state index in [9.17, 15) is 0 Å². The van der Waals surface area contributed by atoms with Crippen LogP contribution in [0.25, 0.3) is 5.69 Å². The SMILES string of the molecule is Clc1ccc(C2N=C(c3ccccc3)c3cc(Cl)ccc3-n3cnnc32)cc1. The summed E-state index contributed by atoms with van der Waals surface area (Å²) in [6.45, 7) is 0. The summed E-state index contributed by atoms with van der Waals surface area (Å²) in [5.41, 5.74) is 4.76. The number of hydrogen-bond acceptors (Lipinski definition) is 3. The van der Waals surface area contributed by atoms with E-state index >= 15 is 0 Å². The Balaban J connectivity index is 1.82. The van der Waals surface area contributed by atoms with Crippen LogP contribution < -0.4 is 0 Å². The molecule has 0 N–H and O–H groups in total. The third kappa shape index (κ3) is 2.91. The molecular weight excluding hydrogens is 391 g/mol. The first kappa shape index (κ1) is 17.2. The van der Waals surface area contributed by atoms with Crippen molar-refractivity contribution in [2.75, 3.05) is 0 Å². The molecule has 2 heterocycles. The van der Waals surface area contributed by atoms with Crippen LogP contribution in [-0.4, -0.2) is 20.5 Å². The molecule has 0 bridgehead atoms. The lowest BCUT2D eigenvalue weighted by Crippen LogP contribution is -2.07. The van der Waals surface area contributed by atoms with Crippen molar-refractivity contribution in [2.45, 2.75) is 6.04 Å². The number of aromatic nitrogens is 3. The molecule has 0 saturated carbocycles. The molecule has 1 atom stereocenters. The van der Waals surface area contributed by atoms with Crippen LogP contribution in [0.2, 0.25) is 10.0 Å². The Morgan fingerprint density at radius 2 is 1.57 bits per heavy atom. The van der Waals surface area contributed by atoms with Gasteiger partial charge in [-0.3, -0.25) is 9.56 Å². The van der Waals surface area contributed by atoms with Crippen molar-refractivity contribution >= 4 is 28.9 Å². The van der Waals surface area contributed by atoms with E-state index in [1.165, 1.54) is 0 Å². The van der Waals surface area contributed by atoms with Crippen molar-refractivity contribution in [1.29, 1.82) is 0 Å². The van der Waals surface area contributed by atoms with Gasteiger partial charge in [0.2, 0.25) is 0 Å². The van der Waals surface area contributed by atoms with Crippen LogP contribution in [-0.2, 0) is 0 Å². The molecule has 3 aromatic carbocycles. The summed E-state index contributed by atoms with van der Waals surface area (Å²) in [5.74, 6) is 0.747. The summed E-state index contributed by atoms with van der Waals surface area (Å²) in [6, 6.07) is 23.3. The zero-order valence-electron chi connectivity index (χ0n) is 14.6. The summed E-state index contributed by atoms with van der Waals surface area (Å²) >= 11 is 12.4. The lowest BCUT2D eigenvalue weighted by atomic mass is 10.00. The zero-order valence-corrected chi connectivity index (χ0v) is 16.1. The Hall–Kier alpha value is -2.95. The van der Waals surface area contributed by atoms with E-state index in [0.29, 0.717) is 10.0 Å². The number of hydrogen-bond donors (Lipinski definition) is 0. The molecule has 0 amide bonds. The quantitative estimate of drug-likeness (QED) is 0.441. The minimum atomic E-state index is -0.318. The predicted molar refractivity (Wildman–Crippen MR) is 112 cm³/mol. The first-order valence-corrected chi connectivity index (χ1v) is 9.55. The van der Waals surface area contributed by atoms with E-state index in [0.717, 1.165) is 33.9 Å². The minimum Gasteiger partial charge on any atom is -0.283 e. The van der Waals surface area contributed by atoms with Gasteiger partial charge in [0.25, 0.3) is 0 Å². The Labute approximate surface area is 172 Å². The highest BCUT2D eigenvalue weighted by Crippen LogP contribution is 2.34. The standard InChI is InChI=1S/C22H14Cl2N4/c23-16-8-6-15(7-9-16)21-22-27-25-13-28(22)19-11-10-17(24)12-18(19)20(26-21)14-4-2-1-3-5-14/h1-13,21H. The maximum Gasteiger partial charge on any atom is 0.166 e. The average molecular weight is 405 g/mol. The second kappa shape index (κ2) is 6.89. The zero-order chi connectivity index (χ0) is 19.1. The first-order valence-electron chi connectivity index (χ1n) is 8.79. The third-order valence-electron chi connectivity index (χ3n) is 4.78. The number of rotatable bonds is 2. The Morgan fingerprint density at radius 1 is 0.821 bits per heavy atom. The van der Waals surface area contributed by atoms with E-state index in [2.05, 4.69) is 22.3 Å². The highest BCUT2D eigenvalue weighted by Gasteiger charge is 2.27. The third-order valence-corrected chi connectivity index (χ3v) is 5.27. The summed E-state index contributed by atoms with van der Waals surface area (Å²) < 4.78 is 1.98. The lowest BCUT2D eigenvalue weighted by molar-refractivity contribution is 0.762. The molecule has 0 saturated heterocycles. The fourth-order valence-corrected chi connectivity index (χ4v) is 3.77. The highest BCUT2D eigenvalue weighted by atomic mass is 35.5. The monoisotopic (exact) mass is 404 g/mol. The van der Waals surface area contributed by atoms with Crippen LogP contribution in [0.15, 0.2) is 84.1 Å². The fourth-order valence-electron chi connectivity index (χ4n) is 3.48. The van der Waals surface area contributed by atoms with Gasteiger partial charge in [0.05, 0.1) is 11.4 Å². The second-order valence-corrected chi connectivity index (χ2v) is 7.39. The number of fused-ring (bicyclic) bond motifs is 3. The second-order valence-electron chi connectivity index (χ2n) is 6.52. The minimum absolute atomic E-state index is 0.318. The van der Waals surface area contributed by atoms with Gasteiger partial charge in [0.1, 0.15) is 12.4 Å². The van der Waals surface area contributed by atoms with Crippen molar-refractivity contribution in [2.24, 2.45) is 4.99 Å². The number of aliphatic imine (C=N–C) groups is 1. The van der Waals surface area contributed by atoms with Gasteiger partial charge in [-0.05, 0) is 35.9 Å². The van der Waals surface area contributed by atoms with Gasteiger partial charge in [0.15, 0.2) is 5.82 Å². The van der Waals surface area contributed by atoms with E-state index in [4.69, 9.17) is 28.2 Å². The molecule has 0 fully saturated rings. The molecule has 4 aromatic rings. The Kier molecular flexibility index (Phi) is 4.23. The highest BCUT2D eigenvalue weighted by molar-refractivity contribution is 6.31. The van der Waals surface area contributed by atoms with Crippen LogP contribution in [0, 0.1) is 0 Å². The maximum atomic E-state index is 6.34. The number of benzene rings is 3. The topological polar surface area (TPSA) is 43.1 Å². The molecule has 28 heavy (non-hydrogen) atoms. The molecular formula is C22H14Cl2N4. The number of halogens is 2. The molecule has 136 valence electrons. The van der Waals surface area contributed by atoms with Crippen molar-refractivity contribution < 1.29 is 0 Å². The molecule has 1 aliphatic rings. The molecule has 1 aromatic heterocycles. The lowest BCUT2D eigenvalue weighted by Gasteiger charge is -2.12. The smallest absolute Gasteiger partial charge is 0.166 e. The molecule has 0 spiro atoms. The molecule has 6 heteroatoms. The number of nitrogens with zero attached hydrogens (tertiary/aromatic N) is 4. The van der Waals surface area contributed by atoms with Crippen LogP contribution >= 0.6 is 23.2 Å². The van der Waals surface area contributed by atoms with E-state index in [1.54, 1.807) is 6.33 Å². The van der Waals surface area contributed by atoms with Crippen molar-refractivity contribution in [3.8, 4) is 5.69 Å². The molecule has 4 nitrogen and oxygen atoms in total. The van der Waals surface area contributed by atoms with Crippen LogP contribution in [0.4, 0.5) is 0 Å². The van der Waals surface area contributed by atoms with Crippen molar-refractivity contribution in [3.05, 3.63) is 112 Å². The van der Waals surface area contributed by atoms with Gasteiger partial charge in [-0.1, -0.05) is 65.7 Å². The van der Waals surface area contributed by atoms with E-state index in [1.807, 2.05) is 65.2 Å². The van der Waals surface area contributed by atoms with E-state index < -0.39 is 0 Å². The van der Waals surface area contributed by atoms with Crippen LogP contribution in [0.5, 0.6) is 0 Å². The maximum absolute atomic E-state index is 6.34. The molecule has 1 aliphatic heterocycles. The van der Waals surface area contributed by atoms with Crippen molar-refractivity contribution in [3.63, 3.8) is 0 Å². The van der Waals surface area contributed by atoms with Gasteiger partial charge >= 0.3 is 0 Å². The van der Waals surface area contributed by atoms with Gasteiger partial charge in [0, 0.05) is 21.2 Å². The van der Waals surface area contributed by atoms with Gasteiger partial charge < -0.3 is 0 Å².